The van der Waals surface area contributed by atoms with Gasteiger partial charge < -0.3 is 11.1 Å². The number of nitrogens with two attached hydrogens (primary N) is 1. The van der Waals surface area contributed by atoms with Crippen molar-refractivity contribution >= 4 is 17.0 Å². The number of imidazole rings is 1. The van der Waals surface area contributed by atoms with Crippen LogP contribution in [-0.2, 0) is 13.6 Å². The van der Waals surface area contributed by atoms with Gasteiger partial charge in [0.05, 0.1) is 19.1 Å². The fraction of sp³-hybridized carbons (Fsp3) is 0.286. The Kier molecular flexibility index (Phi) is 3.28. The van der Waals surface area contributed by atoms with Gasteiger partial charge in [0.2, 0.25) is 6.33 Å². The highest BCUT2D eigenvalue weighted by atomic mass is 15.3. The standard InChI is InChI=1S/C14H19N6/c1-18-9-10-19(11-18)7-4-6-16-14-13(15)12-5-2-3-8-20(12)17-14/h2-3,5,8-11H,4,6-7,15H2,1H3,(H,16,17)/q+1. The molecule has 0 aliphatic rings. The number of anilines is 2. The highest BCUT2D eigenvalue weighted by Gasteiger charge is 2.08. The molecule has 0 saturated carbocycles. The zero-order valence-electron chi connectivity index (χ0n) is 11.5. The second kappa shape index (κ2) is 5.24. The minimum absolute atomic E-state index is 0.706. The van der Waals surface area contributed by atoms with Crippen LogP contribution < -0.4 is 15.6 Å². The van der Waals surface area contributed by atoms with Crippen molar-refractivity contribution < 1.29 is 4.57 Å². The Hall–Kier alpha value is -2.50. The van der Waals surface area contributed by atoms with Crippen LogP contribution in [0.1, 0.15) is 6.42 Å². The molecule has 3 aromatic rings. The van der Waals surface area contributed by atoms with Gasteiger partial charge in [-0.2, -0.15) is 0 Å². The van der Waals surface area contributed by atoms with E-state index in [0.29, 0.717) is 5.69 Å². The topological polar surface area (TPSA) is 64.2 Å². The summed E-state index contributed by atoms with van der Waals surface area (Å²) in [6, 6.07) is 5.87. The number of rotatable bonds is 5. The molecule has 0 saturated heterocycles. The zero-order valence-corrected chi connectivity index (χ0v) is 11.5. The van der Waals surface area contributed by atoms with Crippen molar-refractivity contribution in [3.63, 3.8) is 0 Å². The van der Waals surface area contributed by atoms with E-state index in [1.165, 1.54) is 0 Å². The van der Waals surface area contributed by atoms with E-state index in [9.17, 15) is 0 Å². The number of pyridine rings is 1. The predicted octanol–water partition coefficient (Wildman–Crippen LogP) is 1.04. The first-order valence-corrected chi connectivity index (χ1v) is 6.72. The quantitative estimate of drug-likeness (QED) is 0.538. The molecule has 0 atom stereocenters. The molecule has 104 valence electrons. The maximum Gasteiger partial charge on any atom is 0.243 e. The Morgan fingerprint density at radius 3 is 3.00 bits per heavy atom. The fourth-order valence-electron chi connectivity index (χ4n) is 2.25. The molecule has 0 spiro atoms. The van der Waals surface area contributed by atoms with Crippen molar-refractivity contribution in [1.29, 1.82) is 0 Å². The van der Waals surface area contributed by atoms with Crippen LogP contribution in [-0.4, -0.2) is 20.7 Å². The number of hydrogen-bond donors (Lipinski definition) is 2. The van der Waals surface area contributed by atoms with Crippen LogP contribution in [0, 0.1) is 0 Å². The number of hydrogen-bond acceptors (Lipinski definition) is 3. The van der Waals surface area contributed by atoms with E-state index in [1.54, 1.807) is 4.52 Å². The van der Waals surface area contributed by atoms with E-state index in [0.717, 1.165) is 30.8 Å². The van der Waals surface area contributed by atoms with Crippen molar-refractivity contribution in [2.45, 2.75) is 13.0 Å². The minimum atomic E-state index is 0.706. The van der Waals surface area contributed by atoms with Crippen LogP contribution in [0.5, 0.6) is 0 Å². The Morgan fingerprint density at radius 2 is 2.25 bits per heavy atom. The van der Waals surface area contributed by atoms with Gasteiger partial charge in [-0.05, 0) is 12.1 Å². The summed E-state index contributed by atoms with van der Waals surface area (Å²) in [5, 5.41) is 7.73. The predicted molar refractivity (Wildman–Crippen MR) is 78.3 cm³/mol. The number of aryl methyl sites for hydroxylation is 2. The molecule has 3 aromatic heterocycles. The van der Waals surface area contributed by atoms with Gasteiger partial charge in [0.15, 0.2) is 5.82 Å². The summed E-state index contributed by atoms with van der Waals surface area (Å²) in [6.45, 7) is 1.82. The van der Waals surface area contributed by atoms with Crippen LogP contribution in [0.15, 0.2) is 43.1 Å². The van der Waals surface area contributed by atoms with Crippen molar-refractivity contribution in [3.8, 4) is 0 Å². The minimum Gasteiger partial charge on any atom is -0.394 e. The lowest BCUT2D eigenvalue weighted by Crippen LogP contribution is -2.23. The molecule has 0 aliphatic heterocycles. The lowest BCUT2D eigenvalue weighted by molar-refractivity contribution is -0.671. The maximum atomic E-state index is 6.08. The van der Waals surface area contributed by atoms with Crippen LogP contribution >= 0.6 is 0 Å². The second-order valence-electron chi connectivity index (χ2n) is 4.89. The fourth-order valence-corrected chi connectivity index (χ4v) is 2.25. The average molecular weight is 271 g/mol. The third kappa shape index (κ3) is 2.45. The van der Waals surface area contributed by atoms with Gasteiger partial charge in [-0.15, -0.1) is 5.10 Å². The van der Waals surface area contributed by atoms with Crippen molar-refractivity contribution in [2.75, 3.05) is 17.6 Å². The Bertz CT molecular complexity index is 711. The first-order valence-electron chi connectivity index (χ1n) is 6.72. The molecule has 3 N–H and O–H groups in total. The molecule has 3 rings (SSSR count). The molecule has 0 radical (unpaired) electrons. The van der Waals surface area contributed by atoms with Gasteiger partial charge in [0, 0.05) is 19.2 Å². The third-order valence-electron chi connectivity index (χ3n) is 3.29. The molecule has 0 aromatic carbocycles. The SMILES string of the molecule is C[n+]1ccn(CCCNc2nn3ccccc3c2N)c1. The van der Waals surface area contributed by atoms with Crippen molar-refractivity contribution in [3.05, 3.63) is 43.1 Å². The molecular weight excluding hydrogens is 252 g/mol. The van der Waals surface area contributed by atoms with Crippen molar-refractivity contribution in [2.24, 2.45) is 7.05 Å². The van der Waals surface area contributed by atoms with Gasteiger partial charge in [0.25, 0.3) is 0 Å². The summed E-state index contributed by atoms with van der Waals surface area (Å²) in [5.74, 6) is 0.759. The van der Waals surface area contributed by atoms with E-state index in [1.807, 2.05) is 42.2 Å². The first-order chi connectivity index (χ1) is 9.74. The molecule has 0 bridgehead atoms. The number of nitrogen functional groups attached to an aromatic ring is 1. The smallest absolute Gasteiger partial charge is 0.243 e. The molecule has 3 heterocycles. The zero-order chi connectivity index (χ0) is 13.9. The van der Waals surface area contributed by atoms with Crippen LogP contribution in [0.2, 0.25) is 0 Å². The van der Waals surface area contributed by atoms with Gasteiger partial charge in [0.1, 0.15) is 18.1 Å². The molecule has 6 nitrogen and oxygen atoms in total. The summed E-state index contributed by atoms with van der Waals surface area (Å²) in [6.07, 6.45) is 9.09. The number of nitrogens with one attached hydrogen (secondary N) is 1. The third-order valence-corrected chi connectivity index (χ3v) is 3.29. The normalized spacial score (nSPS) is 11.1. The highest BCUT2D eigenvalue weighted by Crippen LogP contribution is 2.22. The number of aromatic nitrogens is 4. The summed E-state index contributed by atoms with van der Waals surface area (Å²) < 4.78 is 5.99. The Balaban J connectivity index is 1.58. The van der Waals surface area contributed by atoms with Crippen LogP contribution in [0.3, 0.4) is 0 Å². The highest BCUT2D eigenvalue weighted by molar-refractivity contribution is 5.80. The van der Waals surface area contributed by atoms with Crippen molar-refractivity contribution in [1.82, 2.24) is 14.2 Å². The van der Waals surface area contributed by atoms with Crippen LogP contribution in [0.25, 0.3) is 5.52 Å². The van der Waals surface area contributed by atoms with Gasteiger partial charge in [-0.25, -0.2) is 13.6 Å². The number of nitrogens with zero attached hydrogens (tertiary/aromatic N) is 4. The molecule has 0 amide bonds. The van der Waals surface area contributed by atoms with E-state index in [2.05, 4.69) is 27.5 Å². The molecule has 0 aliphatic carbocycles. The lowest BCUT2D eigenvalue weighted by atomic mass is 10.3. The Morgan fingerprint density at radius 1 is 1.35 bits per heavy atom. The van der Waals surface area contributed by atoms with E-state index >= 15 is 0 Å². The lowest BCUT2D eigenvalue weighted by Gasteiger charge is -2.02. The van der Waals surface area contributed by atoms with E-state index < -0.39 is 0 Å². The van der Waals surface area contributed by atoms with E-state index in [-0.39, 0.29) is 0 Å². The summed E-state index contributed by atoms with van der Waals surface area (Å²) in [4.78, 5) is 0. The molecule has 0 unspecified atom stereocenters. The average Bonchev–Trinajstić information content (AvgIpc) is 3.00. The van der Waals surface area contributed by atoms with E-state index in [4.69, 9.17) is 5.73 Å². The second-order valence-corrected chi connectivity index (χ2v) is 4.89. The summed E-state index contributed by atoms with van der Waals surface area (Å²) in [5.41, 5.74) is 7.73. The summed E-state index contributed by atoms with van der Waals surface area (Å²) >= 11 is 0. The van der Waals surface area contributed by atoms with Gasteiger partial charge >= 0.3 is 0 Å². The van der Waals surface area contributed by atoms with Gasteiger partial charge in [-0.3, -0.25) is 0 Å². The molecule has 0 fully saturated rings. The first kappa shape index (κ1) is 12.5. The monoisotopic (exact) mass is 271 g/mol. The molecular formula is C14H19N6+. The molecule has 20 heavy (non-hydrogen) atoms. The Labute approximate surface area is 117 Å². The number of fused-ring (bicyclic) bond motifs is 1. The summed E-state index contributed by atoms with van der Waals surface area (Å²) in [7, 11) is 2.02. The largest absolute Gasteiger partial charge is 0.394 e. The molecule has 6 heteroatoms. The van der Waals surface area contributed by atoms with Gasteiger partial charge in [-0.1, -0.05) is 6.07 Å². The maximum absolute atomic E-state index is 6.08. The van der Waals surface area contributed by atoms with Crippen LogP contribution in [0.4, 0.5) is 11.5 Å².